The Morgan fingerprint density at radius 3 is 2.75 bits per heavy atom. The van der Waals surface area contributed by atoms with E-state index in [0.717, 1.165) is 22.3 Å². The van der Waals surface area contributed by atoms with Gasteiger partial charge >= 0.3 is 0 Å². The van der Waals surface area contributed by atoms with Crippen LogP contribution in [0.15, 0.2) is 41.7 Å². The van der Waals surface area contributed by atoms with Crippen LogP contribution >= 0.6 is 0 Å². The third kappa shape index (κ3) is 1.82. The molecule has 5 heteroatoms. The summed E-state index contributed by atoms with van der Waals surface area (Å²) >= 11 is 0. The lowest BCUT2D eigenvalue weighted by atomic mass is 10.1. The molecule has 3 aromatic rings. The Bertz CT molecular complexity index is 829. The SMILES string of the molecule is Cc1c(-c2ccc3cncnn23)ccn(C(C)C)c1=O. The standard InChI is InChI=1S/C15H16N4O/c1-10(2)18-7-6-13(11(3)15(18)20)14-5-4-12-8-16-9-17-19(12)14/h4-10H,1-3H3. The molecule has 102 valence electrons. The molecule has 0 amide bonds. The summed E-state index contributed by atoms with van der Waals surface area (Å²) in [6, 6.07) is 6.04. The smallest absolute Gasteiger partial charge is 0.254 e. The first-order valence-corrected chi connectivity index (χ1v) is 6.59. The highest BCUT2D eigenvalue weighted by molar-refractivity contribution is 5.68. The minimum atomic E-state index is 0.0431. The van der Waals surface area contributed by atoms with Crippen molar-refractivity contribution < 1.29 is 0 Å². The van der Waals surface area contributed by atoms with E-state index >= 15 is 0 Å². The second-order valence-electron chi connectivity index (χ2n) is 5.12. The minimum Gasteiger partial charge on any atom is -0.313 e. The first kappa shape index (κ1) is 12.6. The van der Waals surface area contributed by atoms with Gasteiger partial charge in [-0.3, -0.25) is 4.79 Å². The van der Waals surface area contributed by atoms with Gasteiger partial charge in [-0.2, -0.15) is 5.10 Å². The predicted molar refractivity (Wildman–Crippen MR) is 77.8 cm³/mol. The van der Waals surface area contributed by atoms with Crippen molar-refractivity contribution in [2.45, 2.75) is 26.8 Å². The molecule has 0 saturated heterocycles. The summed E-state index contributed by atoms with van der Waals surface area (Å²) in [5.41, 5.74) is 3.51. The van der Waals surface area contributed by atoms with Crippen LogP contribution in [0.1, 0.15) is 25.5 Å². The Morgan fingerprint density at radius 2 is 2.00 bits per heavy atom. The normalized spacial score (nSPS) is 11.4. The maximum Gasteiger partial charge on any atom is 0.254 e. The maximum atomic E-state index is 12.4. The zero-order chi connectivity index (χ0) is 14.3. The molecular formula is C15H16N4O. The number of nitrogens with zero attached hydrogens (tertiary/aromatic N) is 4. The highest BCUT2D eigenvalue weighted by atomic mass is 16.1. The second-order valence-corrected chi connectivity index (χ2v) is 5.12. The minimum absolute atomic E-state index is 0.0431. The van der Waals surface area contributed by atoms with E-state index in [2.05, 4.69) is 10.1 Å². The van der Waals surface area contributed by atoms with Crippen molar-refractivity contribution in [2.24, 2.45) is 0 Å². The summed E-state index contributed by atoms with van der Waals surface area (Å²) in [6.07, 6.45) is 5.10. The Labute approximate surface area is 116 Å². The summed E-state index contributed by atoms with van der Waals surface area (Å²) in [5, 5.41) is 4.24. The molecular weight excluding hydrogens is 252 g/mol. The molecule has 0 aliphatic carbocycles. The van der Waals surface area contributed by atoms with Gasteiger partial charge in [0.25, 0.3) is 5.56 Å². The highest BCUT2D eigenvalue weighted by Gasteiger charge is 2.12. The highest BCUT2D eigenvalue weighted by Crippen LogP contribution is 2.23. The van der Waals surface area contributed by atoms with Gasteiger partial charge in [0.2, 0.25) is 0 Å². The van der Waals surface area contributed by atoms with Gasteiger partial charge in [0.1, 0.15) is 6.33 Å². The number of fused-ring (bicyclic) bond motifs is 1. The topological polar surface area (TPSA) is 52.2 Å². The maximum absolute atomic E-state index is 12.4. The Hall–Kier alpha value is -2.43. The molecule has 0 radical (unpaired) electrons. The van der Waals surface area contributed by atoms with Crippen molar-refractivity contribution in [3.63, 3.8) is 0 Å². The van der Waals surface area contributed by atoms with Crippen LogP contribution < -0.4 is 5.56 Å². The van der Waals surface area contributed by atoms with Gasteiger partial charge in [-0.1, -0.05) is 0 Å². The molecule has 0 spiro atoms. The lowest BCUT2D eigenvalue weighted by Crippen LogP contribution is -2.23. The number of aromatic nitrogens is 4. The van der Waals surface area contributed by atoms with E-state index in [4.69, 9.17) is 0 Å². The average Bonchev–Trinajstić information content (AvgIpc) is 2.85. The number of hydrogen-bond acceptors (Lipinski definition) is 3. The number of hydrogen-bond donors (Lipinski definition) is 0. The van der Waals surface area contributed by atoms with E-state index in [-0.39, 0.29) is 11.6 Å². The zero-order valence-corrected chi connectivity index (χ0v) is 11.7. The van der Waals surface area contributed by atoms with Gasteiger partial charge in [0, 0.05) is 23.4 Å². The van der Waals surface area contributed by atoms with E-state index < -0.39 is 0 Å². The van der Waals surface area contributed by atoms with Crippen LogP contribution in [0.25, 0.3) is 16.8 Å². The van der Waals surface area contributed by atoms with Gasteiger partial charge in [-0.25, -0.2) is 9.50 Å². The molecule has 3 rings (SSSR count). The monoisotopic (exact) mass is 268 g/mol. The van der Waals surface area contributed by atoms with Gasteiger partial charge in [0.05, 0.1) is 17.4 Å². The van der Waals surface area contributed by atoms with Crippen LogP contribution in [-0.2, 0) is 0 Å². The Kier molecular flexibility index (Phi) is 2.89. The van der Waals surface area contributed by atoms with Crippen LogP contribution in [0, 0.1) is 6.92 Å². The molecule has 3 heterocycles. The van der Waals surface area contributed by atoms with Crippen LogP contribution in [0.4, 0.5) is 0 Å². The Morgan fingerprint density at radius 1 is 1.20 bits per heavy atom. The van der Waals surface area contributed by atoms with Crippen LogP contribution in [0.5, 0.6) is 0 Å². The van der Waals surface area contributed by atoms with Crippen LogP contribution in [0.3, 0.4) is 0 Å². The largest absolute Gasteiger partial charge is 0.313 e. The average molecular weight is 268 g/mol. The quantitative estimate of drug-likeness (QED) is 0.717. The van der Waals surface area contributed by atoms with Crippen LogP contribution in [0.2, 0.25) is 0 Å². The first-order valence-electron chi connectivity index (χ1n) is 6.59. The zero-order valence-electron chi connectivity index (χ0n) is 11.7. The molecule has 3 aromatic heterocycles. The molecule has 0 bridgehead atoms. The summed E-state index contributed by atoms with van der Waals surface area (Å²) in [6.45, 7) is 5.86. The summed E-state index contributed by atoms with van der Waals surface area (Å²) in [4.78, 5) is 16.4. The molecule has 5 nitrogen and oxygen atoms in total. The van der Waals surface area contributed by atoms with Gasteiger partial charge in [0.15, 0.2) is 0 Å². The van der Waals surface area contributed by atoms with Crippen molar-refractivity contribution in [3.05, 3.63) is 52.8 Å². The van der Waals surface area contributed by atoms with E-state index in [1.807, 2.05) is 45.2 Å². The van der Waals surface area contributed by atoms with Crippen LogP contribution in [-0.4, -0.2) is 19.2 Å². The van der Waals surface area contributed by atoms with Gasteiger partial charge in [-0.15, -0.1) is 0 Å². The predicted octanol–water partition coefficient (Wildman–Crippen LogP) is 2.45. The fraction of sp³-hybridized carbons (Fsp3) is 0.267. The molecule has 20 heavy (non-hydrogen) atoms. The third-order valence-corrected chi connectivity index (χ3v) is 3.52. The molecule has 0 aliphatic heterocycles. The molecule has 0 fully saturated rings. The lowest BCUT2D eigenvalue weighted by Gasteiger charge is -2.13. The summed E-state index contributed by atoms with van der Waals surface area (Å²) < 4.78 is 3.54. The molecule has 0 saturated carbocycles. The first-order chi connectivity index (χ1) is 9.59. The van der Waals surface area contributed by atoms with E-state index in [1.165, 1.54) is 6.33 Å². The molecule has 0 N–H and O–H groups in total. The second kappa shape index (κ2) is 4.59. The van der Waals surface area contributed by atoms with E-state index in [9.17, 15) is 4.79 Å². The fourth-order valence-electron chi connectivity index (χ4n) is 2.41. The van der Waals surface area contributed by atoms with Gasteiger partial charge in [-0.05, 0) is 39.0 Å². The van der Waals surface area contributed by atoms with Crippen molar-refractivity contribution in [2.75, 3.05) is 0 Å². The molecule has 0 unspecified atom stereocenters. The number of pyridine rings is 1. The lowest BCUT2D eigenvalue weighted by molar-refractivity contribution is 0.576. The van der Waals surface area contributed by atoms with E-state index in [0.29, 0.717) is 0 Å². The van der Waals surface area contributed by atoms with Gasteiger partial charge < -0.3 is 4.57 Å². The third-order valence-electron chi connectivity index (χ3n) is 3.52. The summed E-state index contributed by atoms with van der Waals surface area (Å²) in [5.74, 6) is 0. The van der Waals surface area contributed by atoms with Crippen molar-refractivity contribution >= 4 is 5.52 Å². The molecule has 0 aromatic carbocycles. The molecule has 0 atom stereocenters. The Balaban J connectivity index is 2.26. The van der Waals surface area contributed by atoms with Crippen molar-refractivity contribution in [3.8, 4) is 11.3 Å². The fourth-order valence-corrected chi connectivity index (χ4v) is 2.41. The number of rotatable bonds is 2. The van der Waals surface area contributed by atoms with E-state index in [1.54, 1.807) is 15.3 Å². The van der Waals surface area contributed by atoms with Crippen molar-refractivity contribution in [1.82, 2.24) is 19.2 Å². The van der Waals surface area contributed by atoms with Crippen molar-refractivity contribution in [1.29, 1.82) is 0 Å². The molecule has 0 aliphatic rings. The summed E-state index contributed by atoms with van der Waals surface area (Å²) in [7, 11) is 0.